The predicted octanol–water partition coefficient (Wildman–Crippen LogP) is 1.52. The van der Waals surface area contributed by atoms with Gasteiger partial charge in [-0.05, 0) is 30.4 Å². The van der Waals surface area contributed by atoms with Crippen molar-refractivity contribution in [2.45, 2.75) is 25.7 Å². The molecule has 14 heavy (non-hydrogen) atoms. The van der Waals surface area contributed by atoms with Gasteiger partial charge in [-0.1, -0.05) is 6.92 Å². The van der Waals surface area contributed by atoms with Gasteiger partial charge in [-0.25, -0.2) is 4.98 Å². The number of hydrogen-bond donors (Lipinski definition) is 0. The smallest absolute Gasteiger partial charge is 0.142 e. The largest absolute Gasteiger partial charge is 0.302 e. The van der Waals surface area contributed by atoms with Gasteiger partial charge >= 0.3 is 0 Å². The Morgan fingerprint density at radius 1 is 1.50 bits per heavy atom. The van der Waals surface area contributed by atoms with Gasteiger partial charge in [-0.2, -0.15) is 4.37 Å². The fourth-order valence-corrected chi connectivity index (χ4v) is 3.54. The molecule has 1 aromatic rings. The summed E-state index contributed by atoms with van der Waals surface area (Å²) in [5.41, 5.74) is 0. The lowest BCUT2D eigenvalue weighted by atomic mass is 9.93. The molecule has 3 nitrogen and oxygen atoms in total. The Labute approximate surface area is 88.3 Å². The fraction of sp³-hybridized carbons (Fsp3) is 0.800. The van der Waals surface area contributed by atoms with Crippen molar-refractivity contribution in [1.82, 2.24) is 14.3 Å². The van der Waals surface area contributed by atoms with Crippen molar-refractivity contribution in [2.75, 3.05) is 19.6 Å². The van der Waals surface area contributed by atoms with Crippen LogP contribution in [0, 0.1) is 5.92 Å². The van der Waals surface area contributed by atoms with Crippen molar-refractivity contribution in [3.8, 4) is 0 Å². The second-order valence-corrected chi connectivity index (χ2v) is 5.10. The molecule has 2 fully saturated rings. The Kier molecular flexibility index (Phi) is 2.06. The molecular weight excluding hydrogens is 194 g/mol. The molecule has 3 atom stereocenters. The van der Waals surface area contributed by atoms with Crippen molar-refractivity contribution in [3.05, 3.63) is 10.8 Å². The third kappa shape index (κ3) is 1.28. The van der Waals surface area contributed by atoms with Crippen LogP contribution in [0.25, 0.3) is 0 Å². The molecule has 0 aromatic carbocycles. The molecule has 2 saturated heterocycles. The molecular formula is C10H15N3S. The molecule has 1 aromatic heterocycles. The highest BCUT2D eigenvalue weighted by Crippen LogP contribution is 2.40. The summed E-state index contributed by atoms with van der Waals surface area (Å²) in [6.45, 7) is 5.95. The molecule has 0 N–H and O–H groups in total. The van der Waals surface area contributed by atoms with E-state index in [0.717, 1.165) is 18.2 Å². The number of aromatic nitrogens is 2. The highest BCUT2D eigenvalue weighted by atomic mass is 32.1. The Bertz CT molecular complexity index is 336. The Morgan fingerprint density at radius 2 is 2.43 bits per heavy atom. The standard InChI is InChI=1S/C10H15N3S/c1-2-9-11-10(14-12-9)8-6-13-4-3-7(8)5-13/h7-8H,2-6H2,1H3/t7?,8-/m1/s1. The van der Waals surface area contributed by atoms with E-state index in [0.29, 0.717) is 5.92 Å². The van der Waals surface area contributed by atoms with Gasteiger partial charge in [-0.3, -0.25) is 0 Å². The first-order valence-corrected chi connectivity index (χ1v) is 6.19. The van der Waals surface area contributed by atoms with Gasteiger partial charge in [0, 0.05) is 25.4 Å². The first-order chi connectivity index (χ1) is 6.86. The zero-order valence-corrected chi connectivity index (χ0v) is 9.26. The molecule has 3 rings (SSSR count). The van der Waals surface area contributed by atoms with Crippen molar-refractivity contribution >= 4 is 11.5 Å². The summed E-state index contributed by atoms with van der Waals surface area (Å²) in [5, 5.41) is 1.29. The maximum Gasteiger partial charge on any atom is 0.142 e. The number of hydrogen-bond acceptors (Lipinski definition) is 4. The highest BCUT2D eigenvalue weighted by Gasteiger charge is 2.40. The zero-order valence-electron chi connectivity index (χ0n) is 8.44. The van der Waals surface area contributed by atoms with E-state index in [4.69, 9.17) is 0 Å². The van der Waals surface area contributed by atoms with Crippen LogP contribution >= 0.6 is 11.5 Å². The minimum Gasteiger partial charge on any atom is -0.302 e. The van der Waals surface area contributed by atoms with Crippen molar-refractivity contribution in [1.29, 1.82) is 0 Å². The van der Waals surface area contributed by atoms with Crippen LogP contribution in [-0.4, -0.2) is 33.9 Å². The lowest BCUT2D eigenvalue weighted by Crippen LogP contribution is -2.22. The summed E-state index contributed by atoms with van der Waals surface area (Å²) >= 11 is 1.62. The van der Waals surface area contributed by atoms with Crippen molar-refractivity contribution in [3.63, 3.8) is 0 Å². The number of nitrogens with zero attached hydrogens (tertiary/aromatic N) is 3. The normalized spacial score (nSPS) is 35.4. The van der Waals surface area contributed by atoms with E-state index in [1.807, 2.05) is 0 Å². The third-order valence-electron chi connectivity index (χ3n) is 3.45. The van der Waals surface area contributed by atoms with Gasteiger partial charge in [0.15, 0.2) is 0 Å². The maximum atomic E-state index is 4.61. The van der Waals surface area contributed by atoms with Gasteiger partial charge in [0.2, 0.25) is 0 Å². The molecule has 2 aliphatic rings. The SMILES string of the molecule is CCc1nsc([C@@H]2CN3CCC2C3)n1. The molecule has 0 aliphatic carbocycles. The van der Waals surface area contributed by atoms with Crippen LogP contribution in [0.5, 0.6) is 0 Å². The molecule has 76 valence electrons. The average Bonchev–Trinajstić information content (AvgIpc) is 2.93. The van der Waals surface area contributed by atoms with E-state index in [1.54, 1.807) is 11.5 Å². The molecule has 0 radical (unpaired) electrons. The van der Waals surface area contributed by atoms with Gasteiger partial charge in [0.1, 0.15) is 10.8 Å². The molecule has 0 saturated carbocycles. The third-order valence-corrected chi connectivity index (χ3v) is 4.33. The monoisotopic (exact) mass is 209 g/mol. The lowest BCUT2D eigenvalue weighted by molar-refractivity contribution is 0.346. The van der Waals surface area contributed by atoms with E-state index in [1.165, 1.54) is 31.1 Å². The Hall–Kier alpha value is -0.480. The fourth-order valence-electron chi connectivity index (χ4n) is 2.63. The summed E-state index contributed by atoms with van der Waals surface area (Å²) in [6.07, 6.45) is 2.34. The van der Waals surface area contributed by atoms with Gasteiger partial charge in [-0.15, -0.1) is 0 Å². The first-order valence-electron chi connectivity index (χ1n) is 5.41. The maximum absolute atomic E-state index is 4.61. The van der Waals surface area contributed by atoms with Gasteiger partial charge < -0.3 is 4.90 Å². The molecule has 0 spiro atoms. The predicted molar refractivity (Wildman–Crippen MR) is 56.6 cm³/mol. The van der Waals surface area contributed by atoms with Crippen molar-refractivity contribution < 1.29 is 0 Å². The topological polar surface area (TPSA) is 29.0 Å². The highest BCUT2D eigenvalue weighted by molar-refractivity contribution is 7.05. The Morgan fingerprint density at radius 3 is 3.00 bits per heavy atom. The van der Waals surface area contributed by atoms with Crippen LogP contribution in [0.4, 0.5) is 0 Å². The minimum absolute atomic E-state index is 0.696. The van der Waals surface area contributed by atoms with Crippen molar-refractivity contribution in [2.24, 2.45) is 5.92 Å². The van der Waals surface area contributed by atoms with Crippen LogP contribution in [-0.2, 0) is 6.42 Å². The molecule has 2 aliphatic heterocycles. The summed E-state index contributed by atoms with van der Waals surface area (Å²) in [4.78, 5) is 7.17. The summed E-state index contributed by atoms with van der Waals surface area (Å²) in [5.74, 6) is 2.59. The summed E-state index contributed by atoms with van der Waals surface area (Å²) < 4.78 is 4.37. The average molecular weight is 209 g/mol. The van der Waals surface area contributed by atoms with Crippen LogP contribution in [0.3, 0.4) is 0 Å². The molecule has 4 heteroatoms. The van der Waals surface area contributed by atoms with E-state index < -0.39 is 0 Å². The van der Waals surface area contributed by atoms with Crippen LogP contribution in [0.1, 0.15) is 30.1 Å². The summed E-state index contributed by atoms with van der Waals surface area (Å²) in [6, 6.07) is 0. The molecule has 0 amide bonds. The first kappa shape index (κ1) is 8.80. The van der Waals surface area contributed by atoms with Crippen LogP contribution < -0.4 is 0 Å². The van der Waals surface area contributed by atoms with Crippen LogP contribution in [0.15, 0.2) is 0 Å². The van der Waals surface area contributed by atoms with Gasteiger partial charge in [0.05, 0.1) is 0 Å². The molecule has 2 unspecified atom stereocenters. The van der Waals surface area contributed by atoms with Crippen LogP contribution in [0.2, 0.25) is 0 Å². The van der Waals surface area contributed by atoms with E-state index in [9.17, 15) is 0 Å². The quantitative estimate of drug-likeness (QED) is 0.739. The second-order valence-electron chi connectivity index (χ2n) is 4.32. The molecule has 2 bridgehead atoms. The number of aryl methyl sites for hydroxylation is 1. The number of piperidine rings is 1. The summed E-state index contributed by atoms with van der Waals surface area (Å²) in [7, 11) is 0. The van der Waals surface area contributed by atoms with Gasteiger partial charge in [0.25, 0.3) is 0 Å². The second kappa shape index (κ2) is 3.28. The van der Waals surface area contributed by atoms with E-state index in [-0.39, 0.29) is 0 Å². The van der Waals surface area contributed by atoms with E-state index >= 15 is 0 Å². The minimum atomic E-state index is 0.696. The Balaban J connectivity index is 1.82. The number of rotatable bonds is 2. The van der Waals surface area contributed by atoms with E-state index in [2.05, 4.69) is 21.2 Å². The lowest BCUT2D eigenvalue weighted by Gasteiger charge is -2.19. The molecule has 3 heterocycles. The zero-order chi connectivity index (χ0) is 9.54. The number of fused-ring (bicyclic) bond motifs is 2.